The maximum Gasteiger partial charge on any atom is 0.471 e. The number of benzene rings is 2. The number of imidazole rings is 2. The molecule has 56 heavy (non-hydrogen) atoms. The third-order valence-corrected chi connectivity index (χ3v) is 11.5. The first-order valence-corrected chi connectivity index (χ1v) is 18.6. The monoisotopic (exact) mass is 775 g/mol. The summed E-state index contributed by atoms with van der Waals surface area (Å²) in [5.74, 6) is -3.58. The Kier molecular flexibility index (Phi) is 10.6. The number of alkyl halides is 3. The number of nitrogens with zero attached hydrogens (tertiary/aromatic N) is 7. The van der Waals surface area contributed by atoms with Gasteiger partial charge in [0.15, 0.2) is 17.0 Å². The fourth-order valence-corrected chi connectivity index (χ4v) is 8.27. The number of nitrogens with one attached hydrogen (secondary N) is 2. The zero-order chi connectivity index (χ0) is 39.8. The van der Waals surface area contributed by atoms with E-state index in [1.807, 2.05) is 57.5 Å². The van der Waals surface area contributed by atoms with E-state index in [1.54, 1.807) is 6.33 Å². The second-order valence-electron chi connectivity index (χ2n) is 14.9. The SMILES string of the molecule is CC(C)n1cnc(CCN(NCC(c2ccccc2)c2ccccc2)c2ncnc3c2ncn3[C@@H]2C[C@](NC(=O)C(F)(F)F)(C3(C(=O)O)CCC3)[C@@H](O)[C@H]2O)c1. The number of carboxylic acid groups (broad SMARTS) is 1. The zero-order valence-electron chi connectivity index (χ0n) is 30.8. The fraction of sp³-hybridized carbons (Fsp3) is 0.436. The van der Waals surface area contributed by atoms with Gasteiger partial charge in [-0.25, -0.2) is 25.4 Å². The van der Waals surface area contributed by atoms with Crippen molar-refractivity contribution in [1.29, 1.82) is 0 Å². The van der Waals surface area contributed by atoms with Gasteiger partial charge in [0.05, 0.1) is 35.3 Å². The number of carboxylic acids is 1. The first-order valence-electron chi connectivity index (χ1n) is 18.6. The molecule has 7 rings (SSSR count). The van der Waals surface area contributed by atoms with Crippen LogP contribution in [0.2, 0.25) is 0 Å². The molecule has 2 aliphatic carbocycles. The number of aliphatic carboxylic acids is 1. The molecule has 0 unspecified atom stereocenters. The molecular formula is C39H44F3N9O5. The predicted octanol–water partition coefficient (Wildman–Crippen LogP) is 4.33. The van der Waals surface area contributed by atoms with Gasteiger partial charge in [0.25, 0.3) is 0 Å². The van der Waals surface area contributed by atoms with E-state index in [0.29, 0.717) is 31.7 Å². The Labute approximate surface area is 320 Å². The molecule has 5 N–H and O–H groups in total. The summed E-state index contributed by atoms with van der Waals surface area (Å²) in [4.78, 5) is 43.4. The van der Waals surface area contributed by atoms with Crippen LogP contribution in [-0.2, 0) is 16.0 Å². The number of hydrazine groups is 1. The second-order valence-corrected chi connectivity index (χ2v) is 14.9. The standard InChI is InChI=1S/C39H44F3N9O5/c1-24(2)49-20-27(45-22-49)14-17-51(47-19-28(25-10-5-3-6-11-25)26-12-7-4-8-13-26)34-30-33(43-21-44-34)50(23-46-30)29-18-38(32(53)31(29)52,48-35(54)39(40,41)42)37(36(55)56)15-9-16-37/h3-8,10-13,20-24,28-29,31-32,47,52-53H,9,14-19H2,1-2H3,(H,48,54)(H,55,56)/t29-,31+,32+,38-/m1/s1. The summed E-state index contributed by atoms with van der Waals surface area (Å²) in [5.41, 5.74) is 2.73. The van der Waals surface area contributed by atoms with Crippen LogP contribution >= 0.6 is 0 Å². The smallest absolute Gasteiger partial charge is 0.471 e. The van der Waals surface area contributed by atoms with Crippen molar-refractivity contribution < 1.29 is 38.1 Å². The van der Waals surface area contributed by atoms with Crippen LogP contribution in [0.5, 0.6) is 0 Å². The number of amides is 1. The number of carbonyl (C=O) groups excluding carboxylic acids is 1. The van der Waals surface area contributed by atoms with Crippen LogP contribution in [0.15, 0.2) is 85.8 Å². The molecule has 14 nitrogen and oxygen atoms in total. The van der Waals surface area contributed by atoms with Gasteiger partial charge in [-0.3, -0.25) is 14.6 Å². The number of halogens is 3. The minimum atomic E-state index is -5.37. The molecule has 296 valence electrons. The number of aliphatic hydroxyl groups is 2. The van der Waals surface area contributed by atoms with Crippen LogP contribution in [0.3, 0.4) is 0 Å². The first-order chi connectivity index (χ1) is 26.8. The molecule has 3 aromatic heterocycles. The molecule has 1 amide bonds. The van der Waals surface area contributed by atoms with E-state index in [-0.39, 0.29) is 36.0 Å². The van der Waals surface area contributed by atoms with Gasteiger partial charge in [0.1, 0.15) is 18.5 Å². The summed E-state index contributed by atoms with van der Waals surface area (Å²) in [6.45, 7) is 4.93. The molecule has 2 fully saturated rings. The lowest BCUT2D eigenvalue weighted by Gasteiger charge is -2.53. The maximum atomic E-state index is 13.7. The van der Waals surface area contributed by atoms with Crippen molar-refractivity contribution in [3.05, 3.63) is 103 Å². The van der Waals surface area contributed by atoms with E-state index < -0.39 is 53.7 Å². The molecule has 0 bridgehead atoms. The highest BCUT2D eigenvalue weighted by Gasteiger charge is 2.70. The van der Waals surface area contributed by atoms with Crippen LogP contribution in [0.4, 0.5) is 19.0 Å². The van der Waals surface area contributed by atoms with Gasteiger partial charge < -0.3 is 29.8 Å². The molecule has 0 aliphatic heterocycles. The Morgan fingerprint density at radius 3 is 2.18 bits per heavy atom. The molecular weight excluding hydrogens is 731 g/mol. The van der Waals surface area contributed by atoms with Crippen molar-refractivity contribution in [3.63, 3.8) is 0 Å². The Morgan fingerprint density at radius 1 is 0.964 bits per heavy atom. The Hall–Kier alpha value is -5.39. The third-order valence-electron chi connectivity index (χ3n) is 11.5. The summed E-state index contributed by atoms with van der Waals surface area (Å²) in [7, 11) is 0. The number of fused-ring (bicyclic) bond motifs is 1. The van der Waals surface area contributed by atoms with Crippen molar-refractivity contribution in [2.75, 3.05) is 18.1 Å². The zero-order valence-corrected chi connectivity index (χ0v) is 30.8. The molecule has 2 aromatic carbocycles. The molecule has 5 aromatic rings. The number of rotatable bonds is 14. The molecule has 2 saturated carbocycles. The van der Waals surface area contributed by atoms with Crippen LogP contribution in [0.25, 0.3) is 11.2 Å². The number of hydrogen-bond donors (Lipinski definition) is 5. The lowest BCUT2D eigenvalue weighted by Crippen LogP contribution is -2.71. The summed E-state index contributed by atoms with van der Waals surface area (Å²) < 4.78 is 44.4. The van der Waals surface area contributed by atoms with Crippen LogP contribution < -0.4 is 15.8 Å². The van der Waals surface area contributed by atoms with Crippen molar-refractivity contribution in [3.8, 4) is 0 Å². The largest absolute Gasteiger partial charge is 0.481 e. The predicted molar refractivity (Wildman–Crippen MR) is 198 cm³/mol. The maximum absolute atomic E-state index is 13.7. The first kappa shape index (κ1) is 38.9. The minimum Gasteiger partial charge on any atom is -0.481 e. The molecule has 0 saturated heterocycles. The highest BCUT2D eigenvalue weighted by atomic mass is 19.4. The average molecular weight is 776 g/mol. The normalized spacial score (nSPS) is 22.1. The summed E-state index contributed by atoms with van der Waals surface area (Å²) in [6, 6.07) is 19.1. The number of carbonyl (C=O) groups is 2. The Balaban J connectivity index is 1.25. The number of hydrogen-bond acceptors (Lipinski definition) is 10. The van der Waals surface area contributed by atoms with Gasteiger partial charge in [0.2, 0.25) is 0 Å². The fourth-order valence-electron chi connectivity index (χ4n) is 8.27. The van der Waals surface area contributed by atoms with Crippen molar-refractivity contribution in [1.82, 2.24) is 39.8 Å². The molecule has 4 atom stereocenters. The summed E-state index contributed by atoms with van der Waals surface area (Å²) in [5, 5.41) is 37.0. The van der Waals surface area contributed by atoms with Crippen molar-refractivity contribution in [2.45, 2.75) is 87.9 Å². The van der Waals surface area contributed by atoms with Gasteiger partial charge in [0, 0.05) is 37.7 Å². The third kappa shape index (κ3) is 6.98. The Morgan fingerprint density at radius 2 is 1.62 bits per heavy atom. The highest BCUT2D eigenvalue weighted by molar-refractivity contribution is 5.86. The molecule has 0 radical (unpaired) electrons. The average Bonchev–Trinajstić information content (AvgIpc) is 3.87. The van der Waals surface area contributed by atoms with E-state index >= 15 is 0 Å². The lowest BCUT2D eigenvalue weighted by atomic mass is 9.55. The van der Waals surface area contributed by atoms with Crippen molar-refractivity contribution >= 4 is 28.9 Å². The van der Waals surface area contributed by atoms with Crippen LogP contribution in [-0.4, -0.2) is 93.3 Å². The molecule has 17 heteroatoms. The molecule has 0 spiro atoms. The van der Waals surface area contributed by atoms with Crippen LogP contribution in [0, 0.1) is 5.41 Å². The Bertz CT molecular complexity index is 2120. The van der Waals surface area contributed by atoms with E-state index in [2.05, 4.69) is 63.5 Å². The summed E-state index contributed by atoms with van der Waals surface area (Å²) >= 11 is 0. The molecule has 2 aliphatic rings. The topological polar surface area (TPSA) is 184 Å². The van der Waals surface area contributed by atoms with Gasteiger partial charge in [-0.05, 0) is 44.2 Å². The lowest BCUT2D eigenvalue weighted by molar-refractivity contribution is -0.188. The second kappa shape index (κ2) is 15.3. The van der Waals surface area contributed by atoms with Gasteiger partial charge in [-0.2, -0.15) is 13.2 Å². The number of anilines is 1. The van der Waals surface area contributed by atoms with Crippen molar-refractivity contribution in [2.24, 2.45) is 5.41 Å². The van der Waals surface area contributed by atoms with E-state index in [9.17, 15) is 38.1 Å². The van der Waals surface area contributed by atoms with Crippen LogP contribution in [0.1, 0.15) is 74.4 Å². The van der Waals surface area contributed by atoms with E-state index in [1.165, 1.54) is 17.2 Å². The van der Waals surface area contributed by atoms with Gasteiger partial charge in [-0.15, -0.1) is 0 Å². The highest BCUT2D eigenvalue weighted by Crippen LogP contribution is 2.58. The van der Waals surface area contributed by atoms with Gasteiger partial charge >= 0.3 is 18.1 Å². The number of aliphatic hydroxyl groups excluding tert-OH is 2. The number of aromatic nitrogens is 6. The summed E-state index contributed by atoms with van der Waals surface area (Å²) in [6.07, 6.45) is -2.72. The van der Waals surface area contributed by atoms with E-state index in [4.69, 9.17) is 0 Å². The minimum absolute atomic E-state index is 0.0712. The molecule has 3 heterocycles. The van der Waals surface area contributed by atoms with E-state index in [0.717, 1.165) is 16.8 Å². The quantitative estimate of drug-likeness (QED) is 0.101. The van der Waals surface area contributed by atoms with Gasteiger partial charge in [-0.1, -0.05) is 67.1 Å².